The van der Waals surface area contributed by atoms with Gasteiger partial charge in [0.15, 0.2) is 0 Å². The van der Waals surface area contributed by atoms with Crippen molar-refractivity contribution in [1.29, 1.82) is 0 Å². The zero-order chi connectivity index (χ0) is 13.1. The Morgan fingerprint density at radius 2 is 2.18 bits per heavy atom. The van der Waals surface area contributed by atoms with Crippen molar-refractivity contribution in [3.05, 3.63) is 18.3 Å². The van der Waals surface area contributed by atoms with Crippen LogP contribution in [0.2, 0.25) is 0 Å². The first-order chi connectivity index (χ1) is 7.85. The van der Waals surface area contributed by atoms with Crippen molar-refractivity contribution in [2.75, 3.05) is 6.61 Å². The maximum absolute atomic E-state index is 11.8. The number of carbonyl (C=O) groups is 1. The minimum absolute atomic E-state index is 0.362. The Kier molecular flexibility index (Phi) is 4.37. The predicted octanol–water partition coefficient (Wildman–Crippen LogP) is 0.995. The van der Waals surface area contributed by atoms with Gasteiger partial charge >= 0.3 is 13.2 Å². The first-order valence-electron chi connectivity index (χ1n) is 5.55. The molecule has 1 aromatic rings. The molecule has 0 amide bonds. The summed E-state index contributed by atoms with van der Waals surface area (Å²) in [6.07, 6.45) is 1.00. The standard InChI is InChI=1S/C11H18BNO4/c1-5-16-12(15)9-7-6-8-13(9)10(14)17-11(2,3)4/h6-8,15H,5H2,1-4H3. The van der Waals surface area contributed by atoms with Crippen LogP contribution in [0, 0.1) is 0 Å². The first kappa shape index (κ1) is 13.8. The normalized spacial score (nSPS) is 11.4. The molecule has 0 unspecified atom stereocenters. The van der Waals surface area contributed by atoms with E-state index in [0.717, 1.165) is 0 Å². The van der Waals surface area contributed by atoms with Crippen molar-refractivity contribution in [2.24, 2.45) is 0 Å². The molecule has 94 valence electrons. The van der Waals surface area contributed by atoms with Gasteiger partial charge in [0.1, 0.15) is 5.60 Å². The van der Waals surface area contributed by atoms with Gasteiger partial charge in [-0.1, -0.05) is 0 Å². The SMILES string of the molecule is CCOB(O)c1cccn1C(=O)OC(C)(C)C. The molecule has 0 radical (unpaired) electrons. The number of hydrogen-bond donors (Lipinski definition) is 1. The van der Waals surface area contributed by atoms with E-state index in [9.17, 15) is 9.82 Å². The molecule has 0 bridgehead atoms. The third-order valence-corrected chi connectivity index (χ3v) is 1.95. The van der Waals surface area contributed by atoms with Crippen LogP contribution in [0.15, 0.2) is 18.3 Å². The highest BCUT2D eigenvalue weighted by Crippen LogP contribution is 2.08. The van der Waals surface area contributed by atoms with Crippen LogP contribution in [-0.2, 0) is 9.39 Å². The average Bonchev–Trinajstić information content (AvgIpc) is 2.63. The molecule has 0 aliphatic rings. The molecule has 1 rings (SSSR count). The van der Waals surface area contributed by atoms with Gasteiger partial charge in [0.25, 0.3) is 0 Å². The summed E-state index contributed by atoms with van der Waals surface area (Å²) < 4.78 is 11.5. The van der Waals surface area contributed by atoms with Crippen molar-refractivity contribution >= 4 is 18.8 Å². The lowest BCUT2D eigenvalue weighted by Crippen LogP contribution is -2.42. The molecule has 0 saturated carbocycles. The Morgan fingerprint density at radius 3 is 2.71 bits per heavy atom. The molecule has 0 aliphatic heterocycles. The summed E-state index contributed by atoms with van der Waals surface area (Å²) in [7, 11) is -1.12. The van der Waals surface area contributed by atoms with Crippen molar-refractivity contribution in [1.82, 2.24) is 4.57 Å². The van der Waals surface area contributed by atoms with Gasteiger partial charge in [0.2, 0.25) is 0 Å². The molecular weight excluding hydrogens is 221 g/mol. The van der Waals surface area contributed by atoms with Gasteiger partial charge in [-0.05, 0) is 39.8 Å². The molecular formula is C11H18BNO4. The van der Waals surface area contributed by atoms with E-state index in [1.54, 1.807) is 39.8 Å². The maximum atomic E-state index is 11.8. The summed E-state index contributed by atoms with van der Waals surface area (Å²) >= 11 is 0. The number of aromatic nitrogens is 1. The Hall–Kier alpha value is -1.27. The fraction of sp³-hybridized carbons (Fsp3) is 0.545. The van der Waals surface area contributed by atoms with E-state index in [4.69, 9.17) is 9.39 Å². The highest BCUT2D eigenvalue weighted by atomic mass is 16.6. The third-order valence-electron chi connectivity index (χ3n) is 1.95. The molecule has 0 spiro atoms. The van der Waals surface area contributed by atoms with Crippen LogP contribution >= 0.6 is 0 Å². The monoisotopic (exact) mass is 239 g/mol. The molecule has 1 N–H and O–H groups in total. The van der Waals surface area contributed by atoms with Gasteiger partial charge in [-0.3, -0.25) is 4.57 Å². The smallest absolute Gasteiger partial charge is 0.443 e. The largest absolute Gasteiger partial charge is 0.509 e. The molecule has 0 aromatic carbocycles. The van der Waals surface area contributed by atoms with E-state index >= 15 is 0 Å². The van der Waals surface area contributed by atoms with Crippen LogP contribution in [0.3, 0.4) is 0 Å². The van der Waals surface area contributed by atoms with E-state index in [0.29, 0.717) is 12.2 Å². The lowest BCUT2D eigenvalue weighted by Gasteiger charge is -2.20. The van der Waals surface area contributed by atoms with Crippen LogP contribution in [0.25, 0.3) is 0 Å². The summed E-state index contributed by atoms with van der Waals surface area (Å²) in [5.74, 6) is 0. The van der Waals surface area contributed by atoms with Gasteiger partial charge < -0.3 is 14.4 Å². The fourth-order valence-corrected chi connectivity index (χ4v) is 1.32. The topological polar surface area (TPSA) is 60.7 Å². The summed E-state index contributed by atoms with van der Waals surface area (Å²) in [6, 6.07) is 3.27. The Morgan fingerprint density at radius 1 is 1.53 bits per heavy atom. The van der Waals surface area contributed by atoms with E-state index in [-0.39, 0.29) is 0 Å². The van der Waals surface area contributed by atoms with E-state index in [2.05, 4.69) is 0 Å². The van der Waals surface area contributed by atoms with Gasteiger partial charge in [-0.25, -0.2) is 4.79 Å². The summed E-state index contributed by atoms with van der Waals surface area (Å²) in [5, 5.41) is 9.69. The predicted molar refractivity (Wildman–Crippen MR) is 65.3 cm³/mol. The number of nitrogens with zero attached hydrogens (tertiary/aromatic N) is 1. The van der Waals surface area contributed by atoms with Crippen LogP contribution in [0.4, 0.5) is 4.79 Å². The van der Waals surface area contributed by atoms with Gasteiger partial charge in [0, 0.05) is 12.8 Å². The average molecular weight is 239 g/mol. The molecule has 0 atom stereocenters. The second kappa shape index (κ2) is 5.38. The lowest BCUT2D eigenvalue weighted by molar-refractivity contribution is 0.0540. The quantitative estimate of drug-likeness (QED) is 0.799. The highest BCUT2D eigenvalue weighted by molar-refractivity contribution is 6.59. The number of carbonyl (C=O) groups excluding carboxylic acids is 1. The number of hydrogen-bond acceptors (Lipinski definition) is 4. The molecule has 17 heavy (non-hydrogen) atoms. The molecule has 6 heteroatoms. The second-order valence-corrected chi connectivity index (χ2v) is 4.59. The summed E-state index contributed by atoms with van der Waals surface area (Å²) in [6.45, 7) is 7.48. The van der Waals surface area contributed by atoms with E-state index < -0.39 is 18.8 Å². The van der Waals surface area contributed by atoms with Crippen molar-refractivity contribution in [3.63, 3.8) is 0 Å². The molecule has 0 aliphatic carbocycles. The van der Waals surface area contributed by atoms with Crippen molar-refractivity contribution in [3.8, 4) is 0 Å². The van der Waals surface area contributed by atoms with E-state index in [1.165, 1.54) is 10.8 Å². The van der Waals surface area contributed by atoms with Crippen LogP contribution in [0.1, 0.15) is 27.7 Å². The molecule has 5 nitrogen and oxygen atoms in total. The van der Waals surface area contributed by atoms with Gasteiger partial charge in [0.05, 0.1) is 5.59 Å². The maximum Gasteiger partial charge on any atom is 0.509 e. The summed E-state index contributed by atoms with van der Waals surface area (Å²) in [4.78, 5) is 11.8. The van der Waals surface area contributed by atoms with Crippen molar-refractivity contribution in [2.45, 2.75) is 33.3 Å². The van der Waals surface area contributed by atoms with Gasteiger partial charge in [-0.2, -0.15) is 0 Å². The minimum Gasteiger partial charge on any atom is -0.443 e. The van der Waals surface area contributed by atoms with E-state index in [1.807, 2.05) is 0 Å². The fourth-order valence-electron chi connectivity index (χ4n) is 1.32. The number of ether oxygens (including phenoxy) is 1. The van der Waals surface area contributed by atoms with Crippen molar-refractivity contribution < 1.29 is 19.2 Å². The molecule has 1 heterocycles. The highest BCUT2D eigenvalue weighted by Gasteiger charge is 2.25. The first-order valence-corrected chi connectivity index (χ1v) is 5.55. The Bertz CT molecular complexity index is 383. The molecule has 0 fully saturated rings. The lowest BCUT2D eigenvalue weighted by atomic mass is 9.85. The third kappa shape index (κ3) is 3.91. The minimum atomic E-state index is -1.12. The Balaban J connectivity index is 2.85. The zero-order valence-electron chi connectivity index (χ0n) is 10.6. The van der Waals surface area contributed by atoms with Gasteiger partial charge in [-0.15, -0.1) is 0 Å². The second-order valence-electron chi connectivity index (χ2n) is 4.59. The summed E-state index contributed by atoms with van der Waals surface area (Å²) in [5.41, 5.74) is -0.212. The molecule has 0 saturated heterocycles. The van der Waals surface area contributed by atoms with Crippen LogP contribution in [-0.4, -0.2) is 35.0 Å². The zero-order valence-corrected chi connectivity index (χ0v) is 10.6. The van der Waals surface area contributed by atoms with Crippen LogP contribution in [0.5, 0.6) is 0 Å². The number of rotatable bonds is 3. The van der Waals surface area contributed by atoms with Crippen LogP contribution < -0.4 is 5.59 Å². The Labute approximate surface area is 101 Å². The molecule has 1 aromatic heterocycles.